The number of alkyl halides is 3. The Labute approximate surface area is 189 Å². The lowest BCUT2D eigenvalue weighted by Crippen LogP contribution is -2.64. The summed E-state index contributed by atoms with van der Waals surface area (Å²) >= 11 is 0. The SMILES string of the molecule is CC(C)CS(=O)(=O)N1CCC2(CN(c3cccc(F)c3)C(=O)CN2C)C1.O=C(O)C(F)(F)F. The second kappa shape index (κ2) is 9.94. The fraction of sp³-hybridized carbons (Fsp3) is 0.600. The third-order valence-corrected chi connectivity index (χ3v) is 7.72. The van der Waals surface area contributed by atoms with Gasteiger partial charge < -0.3 is 10.0 Å². The average Bonchev–Trinajstić information content (AvgIpc) is 3.10. The Hall–Kier alpha value is -2.25. The normalized spacial score (nSPS) is 22.5. The number of anilines is 1. The topological polar surface area (TPSA) is 98.2 Å². The van der Waals surface area contributed by atoms with Crippen molar-refractivity contribution >= 4 is 27.6 Å². The van der Waals surface area contributed by atoms with Crippen molar-refractivity contribution in [1.29, 1.82) is 0 Å². The molecule has 2 aliphatic rings. The molecular weight excluding hydrogens is 470 g/mol. The highest BCUT2D eigenvalue weighted by Gasteiger charge is 2.50. The minimum Gasteiger partial charge on any atom is -0.475 e. The summed E-state index contributed by atoms with van der Waals surface area (Å²) in [5.74, 6) is -3.07. The monoisotopic (exact) mass is 497 g/mol. The number of hydrogen-bond acceptors (Lipinski definition) is 5. The fourth-order valence-electron chi connectivity index (χ4n) is 3.86. The van der Waals surface area contributed by atoms with Crippen LogP contribution in [-0.4, -0.2) is 85.3 Å². The molecular formula is C20H27F4N3O5S. The second-order valence-corrected chi connectivity index (χ2v) is 10.6. The quantitative estimate of drug-likeness (QED) is 0.641. The zero-order chi connectivity index (χ0) is 25.2. The lowest BCUT2D eigenvalue weighted by molar-refractivity contribution is -0.192. The molecule has 1 aromatic carbocycles. The standard InChI is InChI=1S/C18H26FN3O3S.C2HF3O2/c1-14(2)11-26(24,25)21-8-7-18(12-21)13-22(17(23)10-20(18)3)16-6-4-5-15(19)9-16;3-2(4,5)1(6)7/h4-6,9,14H,7-8,10-13H2,1-3H3;(H,6,7). The number of halogens is 4. The van der Waals surface area contributed by atoms with E-state index in [0.29, 0.717) is 31.7 Å². The fourth-order valence-corrected chi connectivity index (χ4v) is 5.72. The molecule has 33 heavy (non-hydrogen) atoms. The maximum Gasteiger partial charge on any atom is 0.490 e. The molecule has 0 aromatic heterocycles. The minimum atomic E-state index is -5.08. The van der Waals surface area contributed by atoms with Gasteiger partial charge in [-0.2, -0.15) is 17.5 Å². The highest BCUT2D eigenvalue weighted by Crippen LogP contribution is 2.35. The number of amides is 1. The summed E-state index contributed by atoms with van der Waals surface area (Å²) in [5.41, 5.74) is 0.0792. The molecule has 2 aliphatic heterocycles. The zero-order valence-electron chi connectivity index (χ0n) is 18.5. The first kappa shape index (κ1) is 27.0. The molecule has 3 rings (SSSR count). The molecule has 0 bridgehead atoms. The first-order chi connectivity index (χ1) is 15.1. The van der Waals surface area contributed by atoms with E-state index in [-0.39, 0.29) is 24.1 Å². The van der Waals surface area contributed by atoms with Gasteiger partial charge in [0.15, 0.2) is 0 Å². The van der Waals surface area contributed by atoms with Crippen LogP contribution in [0.15, 0.2) is 24.3 Å². The van der Waals surface area contributed by atoms with Crippen LogP contribution in [0.25, 0.3) is 0 Å². The van der Waals surface area contributed by atoms with Crippen LogP contribution in [0, 0.1) is 11.7 Å². The number of hydrogen-bond donors (Lipinski definition) is 1. The number of likely N-dealkylation sites (N-methyl/N-ethyl adjacent to an activating group) is 1. The number of carboxylic acid groups (broad SMARTS) is 1. The number of nitrogens with zero attached hydrogens (tertiary/aromatic N) is 3. The third-order valence-electron chi connectivity index (χ3n) is 5.53. The van der Waals surface area contributed by atoms with Gasteiger partial charge in [0, 0.05) is 25.3 Å². The number of aliphatic carboxylic acids is 1. The molecule has 0 saturated carbocycles. The van der Waals surface area contributed by atoms with E-state index in [1.807, 2.05) is 25.8 Å². The van der Waals surface area contributed by atoms with E-state index in [1.54, 1.807) is 21.3 Å². The lowest BCUT2D eigenvalue weighted by atomic mass is 9.92. The number of rotatable bonds is 4. The van der Waals surface area contributed by atoms with Gasteiger partial charge in [-0.15, -0.1) is 0 Å². The largest absolute Gasteiger partial charge is 0.490 e. The Morgan fingerprint density at radius 3 is 2.36 bits per heavy atom. The first-order valence-corrected chi connectivity index (χ1v) is 11.7. The van der Waals surface area contributed by atoms with E-state index >= 15 is 0 Å². The summed E-state index contributed by atoms with van der Waals surface area (Å²) in [6.45, 7) is 5.14. The van der Waals surface area contributed by atoms with Crippen molar-refractivity contribution in [3.8, 4) is 0 Å². The molecule has 2 heterocycles. The second-order valence-electron chi connectivity index (χ2n) is 8.60. The molecule has 1 amide bonds. The number of carboxylic acids is 1. The van der Waals surface area contributed by atoms with Crippen LogP contribution < -0.4 is 4.90 Å². The highest BCUT2D eigenvalue weighted by molar-refractivity contribution is 7.89. The predicted molar refractivity (Wildman–Crippen MR) is 113 cm³/mol. The molecule has 186 valence electrons. The van der Waals surface area contributed by atoms with Gasteiger partial charge in [0.05, 0.1) is 17.8 Å². The summed E-state index contributed by atoms with van der Waals surface area (Å²) in [4.78, 5) is 24.9. The van der Waals surface area contributed by atoms with Gasteiger partial charge in [-0.3, -0.25) is 9.69 Å². The molecule has 0 radical (unpaired) electrons. The van der Waals surface area contributed by atoms with Gasteiger partial charge in [-0.1, -0.05) is 19.9 Å². The van der Waals surface area contributed by atoms with Crippen LogP contribution in [0.1, 0.15) is 20.3 Å². The predicted octanol–water partition coefficient (Wildman–Crippen LogP) is 2.17. The minimum absolute atomic E-state index is 0.0611. The summed E-state index contributed by atoms with van der Waals surface area (Å²) in [6.07, 6.45) is -4.43. The third kappa shape index (κ3) is 6.64. The van der Waals surface area contributed by atoms with E-state index in [9.17, 15) is 30.8 Å². The van der Waals surface area contributed by atoms with Crippen LogP contribution >= 0.6 is 0 Å². The van der Waals surface area contributed by atoms with E-state index < -0.39 is 33.5 Å². The van der Waals surface area contributed by atoms with Crippen molar-refractivity contribution in [2.45, 2.75) is 32.0 Å². The van der Waals surface area contributed by atoms with E-state index in [1.165, 1.54) is 12.1 Å². The lowest BCUT2D eigenvalue weighted by Gasteiger charge is -2.46. The van der Waals surface area contributed by atoms with Crippen LogP contribution in [0.4, 0.5) is 23.2 Å². The Bertz CT molecular complexity index is 986. The molecule has 1 atom stereocenters. The van der Waals surface area contributed by atoms with E-state index in [2.05, 4.69) is 0 Å². The van der Waals surface area contributed by atoms with Gasteiger partial charge in [-0.25, -0.2) is 17.6 Å². The number of carbonyl (C=O) groups excluding carboxylic acids is 1. The van der Waals surface area contributed by atoms with Crippen molar-refractivity contribution in [2.75, 3.05) is 43.9 Å². The smallest absolute Gasteiger partial charge is 0.475 e. The van der Waals surface area contributed by atoms with Gasteiger partial charge >= 0.3 is 12.1 Å². The van der Waals surface area contributed by atoms with Crippen molar-refractivity contribution in [1.82, 2.24) is 9.21 Å². The number of sulfonamides is 1. The molecule has 2 saturated heterocycles. The Kier molecular flexibility index (Phi) is 8.13. The highest BCUT2D eigenvalue weighted by atomic mass is 32.2. The number of piperazine rings is 1. The van der Waals surface area contributed by atoms with Gasteiger partial charge in [-0.05, 0) is 37.6 Å². The Morgan fingerprint density at radius 1 is 1.24 bits per heavy atom. The molecule has 8 nitrogen and oxygen atoms in total. The molecule has 1 spiro atoms. The molecule has 13 heteroatoms. The van der Waals surface area contributed by atoms with E-state index in [0.717, 1.165) is 0 Å². The summed E-state index contributed by atoms with van der Waals surface area (Å²) in [7, 11) is -1.46. The maximum absolute atomic E-state index is 13.6. The van der Waals surface area contributed by atoms with Gasteiger partial charge in [0.2, 0.25) is 15.9 Å². The summed E-state index contributed by atoms with van der Waals surface area (Å²) < 4.78 is 72.1. The number of carbonyl (C=O) groups is 2. The number of benzene rings is 1. The van der Waals surface area contributed by atoms with Crippen molar-refractivity contribution in [3.63, 3.8) is 0 Å². The molecule has 1 aromatic rings. The molecule has 1 unspecified atom stereocenters. The van der Waals surface area contributed by atoms with Crippen LogP contribution in [0.5, 0.6) is 0 Å². The van der Waals surface area contributed by atoms with E-state index in [4.69, 9.17) is 9.90 Å². The van der Waals surface area contributed by atoms with Crippen molar-refractivity contribution in [3.05, 3.63) is 30.1 Å². The molecule has 0 aliphatic carbocycles. The van der Waals surface area contributed by atoms with Crippen LogP contribution in [0.2, 0.25) is 0 Å². The molecule has 1 N–H and O–H groups in total. The average molecular weight is 498 g/mol. The zero-order valence-corrected chi connectivity index (χ0v) is 19.3. The Morgan fingerprint density at radius 2 is 1.85 bits per heavy atom. The Balaban J connectivity index is 0.000000479. The van der Waals surface area contributed by atoms with Crippen LogP contribution in [0.3, 0.4) is 0 Å². The van der Waals surface area contributed by atoms with Crippen molar-refractivity contribution in [2.24, 2.45) is 5.92 Å². The summed E-state index contributed by atoms with van der Waals surface area (Å²) in [6, 6.07) is 5.98. The van der Waals surface area contributed by atoms with Gasteiger partial charge in [0.1, 0.15) is 5.82 Å². The van der Waals surface area contributed by atoms with Crippen molar-refractivity contribution < 1.29 is 40.7 Å². The summed E-state index contributed by atoms with van der Waals surface area (Å²) in [5, 5.41) is 7.12. The van der Waals surface area contributed by atoms with Crippen LogP contribution in [-0.2, 0) is 19.6 Å². The molecule has 2 fully saturated rings. The van der Waals surface area contributed by atoms with Gasteiger partial charge in [0.25, 0.3) is 0 Å². The first-order valence-electron chi connectivity index (χ1n) is 10.1. The maximum atomic E-state index is 13.6.